The minimum Gasteiger partial charge on any atom is -0.486 e. The van der Waals surface area contributed by atoms with Crippen molar-refractivity contribution in [2.45, 2.75) is 13.5 Å². The van der Waals surface area contributed by atoms with Crippen LogP contribution in [-0.2, 0) is 6.61 Å². The first-order valence-corrected chi connectivity index (χ1v) is 7.26. The lowest BCUT2D eigenvalue weighted by molar-refractivity contribution is 0.171. The third-order valence-electron chi connectivity index (χ3n) is 3.90. The van der Waals surface area contributed by atoms with Crippen molar-refractivity contribution < 1.29 is 14.6 Å². The molecule has 0 aliphatic carbocycles. The number of aryl methyl sites for hydroxylation is 1. The average Bonchev–Trinajstić information content (AvgIpc) is 2.94. The summed E-state index contributed by atoms with van der Waals surface area (Å²) in [6.45, 7) is 3.05. The summed E-state index contributed by atoms with van der Waals surface area (Å²) >= 11 is 0. The molecule has 4 rings (SSSR count). The highest BCUT2D eigenvalue weighted by Gasteiger charge is 2.18. The molecule has 2 aromatic heterocycles. The molecule has 1 aliphatic heterocycles. The van der Waals surface area contributed by atoms with Crippen molar-refractivity contribution in [3.05, 3.63) is 47.8 Å². The number of imidazole rings is 1. The van der Waals surface area contributed by atoms with Crippen LogP contribution >= 0.6 is 0 Å². The minimum atomic E-state index is -0.0736. The van der Waals surface area contributed by atoms with Gasteiger partial charge in [-0.05, 0) is 37.3 Å². The van der Waals surface area contributed by atoms with E-state index < -0.39 is 0 Å². The van der Waals surface area contributed by atoms with E-state index in [4.69, 9.17) is 9.47 Å². The highest BCUT2D eigenvalue weighted by atomic mass is 16.6. The van der Waals surface area contributed by atoms with E-state index in [1.165, 1.54) is 0 Å². The van der Waals surface area contributed by atoms with Crippen molar-refractivity contribution in [3.8, 4) is 22.8 Å². The van der Waals surface area contributed by atoms with Gasteiger partial charge in [-0.3, -0.25) is 4.40 Å². The Morgan fingerprint density at radius 2 is 1.95 bits per heavy atom. The Morgan fingerprint density at radius 1 is 1.14 bits per heavy atom. The molecule has 0 radical (unpaired) electrons. The van der Waals surface area contributed by atoms with Crippen molar-refractivity contribution in [2.75, 3.05) is 13.2 Å². The second-order valence-electron chi connectivity index (χ2n) is 5.28. The zero-order valence-electron chi connectivity index (χ0n) is 12.2. The molecule has 5 heteroatoms. The van der Waals surface area contributed by atoms with Gasteiger partial charge in [0, 0.05) is 11.3 Å². The van der Waals surface area contributed by atoms with Gasteiger partial charge in [-0.2, -0.15) is 0 Å². The molecule has 3 heterocycles. The number of nitrogens with zero attached hydrogens (tertiary/aromatic N) is 2. The van der Waals surface area contributed by atoms with E-state index in [-0.39, 0.29) is 6.61 Å². The fourth-order valence-corrected chi connectivity index (χ4v) is 2.89. The molecule has 0 bridgehead atoms. The molecule has 1 aliphatic rings. The first-order valence-electron chi connectivity index (χ1n) is 7.26. The molecule has 5 nitrogen and oxygen atoms in total. The molecule has 22 heavy (non-hydrogen) atoms. The Kier molecular flexibility index (Phi) is 3.01. The minimum absolute atomic E-state index is 0.0736. The molecule has 0 spiro atoms. The molecule has 0 unspecified atom stereocenters. The van der Waals surface area contributed by atoms with E-state index >= 15 is 0 Å². The number of benzene rings is 1. The van der Waals surface area contributed by atoms with E-state index in [0.29, 0.717) is 13.2 Å². The molecule has 0 atom stereocenters. The Labute approximate surface area is 127 Å². The predicted octanol–water partition coefficient (Wildman–Crippen LogP) is 2.57. The van der Waals surface area contributed by atoms with Gasteiger partial charge in [-0.25, -0.2) is 4.98 Å². The molecule has 112 valence electrons. The molecule has 1 N–H and O–H groups in total. The maximum absolute atomic E-state index is 9.81. The fraction of sp³-hybridized carbons (Fsp3) is 0.235. The standard InChI is InChI=1S/C17H16N2O3/c1-11-3-2-4-16-18-17(13(10-20)19(11)16)12-5-6-14-15(9-12)22-8-7-21-14/h2-6,9,20H,7-8,10H2,1H3. The molecule has 0 saturated heterocycles. The van der Waals surface area contributed by atoms with Crippen LogP contribution in [0, 0.1) is 6.92 Å². The Hall–Kier alpha value is -2.53. The fourth-order valence-electron chi connectivity index (χ4n) is 2.89. The molecular formula is C17H16N2O3. The zero-order chi connectivity index (χ0) is 15.1. The number of rotatable bonds is 2. The second kappa shape index (κ2) is 5.03. The van der Waals surface area contributed by atoms with Crippen LogP contribution in [0.5, 0.6) is 11.5 Å². The Balaban J connectivity index is 1.92. The van der Waals surface area contributed by atoms with Crippen LogP contribution in [-0.4, -0.2) is 27.7 Å². The summed E-state index contributed by atoms with van der Waals surface area (Å²) in [6.07, 6.45) is 0. The highest BCUT2D eigenvalue weighted by Crippen LogP contribution is 2.35. The van der Waals surface area contributed by atoms with E-state index in [1.807, 2.05) is 47.7 Å². The number of aromatic nitrogens is 2. The monoisotopic (exact) mass is 296 g/mol. The second-order valence-corrected chi connectivity index (χ2v) is 5.28. The van der Waals surface area contributed by atoms with Crippen LogP contribution in [0.2, 0.25) is 0 Å². The number of pyridine rings is 1. The van der Waals surface area contributed by atoms with E-state index in [0.717, 1.165) is 39.8 Å². The van der Waals surface area contributed by atoms with Gasteiger partial charge in [0.05, 0.1) is 18.0 Å². The average molecular weight is 296 g/mol. The number of ether oxygens (including phenoxy) is 2. The van der Waals surface area contributed by atoms with Gasteiger partial charge in [0.25, 0.3) is 0 Å². The van der Waals surface area contributed by atoms with Gasteiger partial charge in [0.2, 0.25) is 0 Å². The number of aliphatic hydroxyl groups is 1. The highest BCUT2D eigenvalue weighted by molar-refractivity contribution is 5.69. The maximum atomic E-state index is 9.81. The molecule has 0 saturated carbocycles. The number of hydrogen-bond donors (Lipinski definition) is 1. The molecule has 0 fully saturated rings. The lowest BCUT2D eigenvalue weighted by Crippen LogP contribution is -2.15. The largest absolute Gasteiger partial charge is 0.486 e. The van der Waals surface area contributed by atoms with Crippen molar-refractivity contribution in [1.82, 2.24) is 9.38 Å². The van der Waals surface area contributed by atoms with Gasteiger partial charge in [-0.15, -0.1) is 0 Å². The third kappa shape index (κ3) is 1.94. The molecule has 1 aromatic carbocycles. The Bertz CT molecular complexity index is 854. The van der Waals surface area contributed by atoms with Crippen molar-refractivity contribution in [2.24, 2.45) is 0 Å². The quantitative estimate of drug-likeness (QED) is 0.789. The van der Waals surface area contributed by atoms with E-state index in [9.17, 15) is 5.11 Å². The van der Waals surface area contributed by atoms with Crippen molar-refractivity contribution >= 4 is 5.65 Å². The first kappa shape index (κ1) is 13.2. The van der Waals surface area contributed by atoms with Crippen LogP contribution in [0.15, 0.2) is 36.4 Å². The van der Waals surface area contributed by atoms with Crippen molar-refractivity contribution in [1.29, 1.82) is 0 Å². The summed E-state index contributed by atoms with van der Waals surface area (Å²) in [5.41, 5.74) is 4.33. The normalized spacial score (nSPS) is 13.5. The predicted molar refractivity (Wildman–Crippen MR) is 82.3 cm³/mol. The summed E-state index contributed by atoms with van der Waals surface area (Å²) < 4.78 is 13.2. The van der Waals surface area contributed by atoms with E-state index in [1.54, 1.807) is 0 Å². The Morgan fingerprint density at radius 3 is 2.77 bits per heavy atom. The molecule has 3 aromatic rings. The molecular weight excluding hydrogens is 280 g/mol. The molecule has 0 amide bonds. The van der Waals surface area contributed by atoms with E-state index in [2.05, 4.69) is 4.98 Å². The lowest BCUT2D eigenvalue weighted by atomic mass is 10.1. The van der Waals surface area contributed by atoms with Gasteiger partial charge in [0.15, 0.2) is 11.5 Å². The van der Waals surface area contributed by atoms with Gasteiger partial charge < -0.3 is 14.6 Å². The van der Waals surface area contributed by atoms with Crippen LogP contribution < -0.4 is 9.47 Å². The van der Waals surface area contributed by atoms with Gasteiger partial charge in [-0.1, -0.05) is 6.07 Å². The van der Waals surface area contributed by atoms with Gasteiger partial charge in [0.1, 0.15) is 18.9 Å². The van der Waals surface area contributed by atoms with Crippen LogP contribution in [0.25, 0.3) is 16.9 Å². The summed E-state index contributed by atoms with van der Waals surface area (Å²) in [5.74, 6) is 1.47. The first-order chi connectivity index (χ1) is 10.8. The maximum Gasteiger partial charge on any atom is 0.162 e. The van der Waals surface area contributed by atoms with Crippen molar-refractivity contribution in [3.63, 3.8) is 0 Å². The summed E-state index contributed by atoms with van der Waals surface area (Å²) in [6, 6.07) is 11.7. The smallest absolute Gasteiger partial charge is 0.162 e. The summed E-state index contributed by atoms with van der Waals surface area (Å²) in [4.78, 5) is 4.67. The SMILES string of the molecule is Cc1cccc2nc(-c3ccc4c(c3)OCCO4)c(CO)n12. The lowest BCUT2D eigenvalue weighted by Gasteiger charge is -2.18. The van der Waals surface area contributed by atoms with Gasteiger partial charge >= 0.3 is 0 Å². The van der Waals surface area contributed by atoms with Crippen LogP contribution in [0.1, 0.15) is 11.4 Å². The summed E-state index contributed by atoms with van der Waals surface area (Å²) in [5, 5.41) is 9.81. The number of aliphatic hydroxyl groups excluding tert-OH is 1. The summed E-state index contributed by atoms with van der Waals surface area (Å²) in [7, 11) is 0. The van der Waals surface area contributed by atoms with Crippen LogP contribution in [0.4, 0.5) is 0 Å². The third-order valence-corrected chi connectivity index (χ3v) is 3.90. The van der Waals surface area contributed by atoms with Crippen LogP contribution in [0.3, 0.4) is 0 Å². The number of hydrogen-bond acceptors (Lipinski definition) is 4. The zero-order valence-corrected chi connectivity index (χ0v) is 12.2. The topological polar surface area (TPSA) is 56.0 Å². The number of fused-ring (bicyclic) bond motifs is 2.